The lowest BCUT2D eigenvalue weighted by atomic mass is 9.77. The molecule has 2 rings (SSSR count). The third kappa shape index (κ3) is 4.35. The van der Waals surface area contributed by atoms with Crippen molar-refractivity contribution in [3.05, 3.63) is 0 Å². The van der Waals surface area contributed by atoms with Gasteiger partial charge in [-0.1, -0.05) is 38.3 Å². The van der Waals surface area contributed by atoms with Gasteiger partial charge in [0.15, 0.2) is 0 Å². The molecule has 4 nitrogen and oxygen atoms in total. The summed E-state index contributed by atoms with van der Waals surface area (Å²) in [7, 11) is 0. The summed E-state index contributed by atoms with van der Waals surface area (Å²) < 4.78 is 0. The van der Waals surface area contributed by atoms with Crippen molar-refractivity contribution in [1.82, 2.24) is 4.90 Å². The number of hydrogen-bond donors (Lipinski definition) is 2. The van der Waals surface area contributed by atoms with Gasteiger partial charge >= 0.3 is 0 Å². The number of nitrogens with zero attached hydrogens (tertiary/aromatic N) is 2. The van der Waals surface area contributed by atoms with E-state index < -0.39 is 0 Å². The Labute approximate surface area is 129 Å². The minimum Gasteiger partial charge on any atom is -0.409 e. The van der Waals surface area contributed by atoms with Gasteiger partial charge < -0.3 is 15.8 Å². The van der Waals surface area contributed by atoms with Crippen molar-refractivity contribution < 1.29 is 5.21 Å². The van der Waals surface area contributed by atoms with Gasteiger partial charge in [0, 0.05) is 5.41 Å². The quantitative estimate of drug-likeness (QED) is 0.259. The highest BCUT2D eigenvalue weighted by atomic mass is 16.4. The minimum atomic E-state index is -0.190. The molecule has 0 aromatic carbocycles. The van der Waals surface area contributed by atoms with Crippen LogP contribution in [0.4, 0.5) is 0 Å². The largest absolute Gasteiger partial charge is 0.409 e. The number of nitrogens with two attached hydrogens (primary N) is 1. The third-order valence-corrected chi connectivity index (χ3v) is 5.91. The summed E-state index contributed by atoms with van der Waals surface area (Å²) in [6.07, 6.45) is 12.1. The highest BCUT2D eigenvalue weighted by Crippen LogP contribution is 2.46. The zero-order valence-corrected chi connectivity index (χ0v) is 13.9. The second kappa shape index (κ2) is 6.99. The maximum atomic E-state index is 8.79. The van der Waals surface area contributed by atoms with Gasteiger partial charge in [-0.3, -0.25) is 0 Å². The molecule has 0 atom stereocenters. The lowest BCUT2D eigenvalue weighted by Crippen LogP contribution is -2.39. The first-order valence-corrected chi connectivity index (χ1v) is 8.68. The number of rotatable bonds is 6. The van der Waals surface area contributed by atoms with E-state index in [-0.39, 0.29) is 5.41 Å². The molecule has 3 N–H and O–H groups in total. The Bertz CT molecular complexity index is 349. The highest BCUT2D eigenvalue weighted by Gasteiger charge is 2.36. The van der Waals surface area contributed by atoms with Crippen LogP contribution in [0.15, 0.2) is 5.16 Å². The maximum Gasteiger partial charge on any atom is 0.144 e. The van der Waals surface area contributed by atoms with Crippen LogP contribution in [0.3, 0.4) is 0 Å². The van der Waals surface area contributed by atoms with Gasteiger partial charge in [0.25, 0.3) is 0 Å². The molecular weight excluding hydrogens is 262 g/mol. The highest BCUT2D eigenvalue weighted by molar-refractivity contribution is 5.85. The third-order valence-electron chi connectivity index (χ3n) is 5.91. The average molecular weight is 295 g/mol. The van der Waals surface area contributed by atoms with Crippen molar-refractivity contribution >= 4 is 5.84 Å². The van der Waals surface area contributed by atoms with E-state index in [0.29, 0.717) is 5.84 Å². The molecule has 0 bridgehead atoms. The number of piperidine rings is 1. The number of oxime groups is 1. The van der Waals surface area contributed by atoms with Crippen molar-refractivity contribution in [3.63, 3.8) is 0 Å². The van der Waals surface area contributed by atoms with Crippen molar-refractivity contribution in [2.75, 3.05) is 19.6 Å². The van der Waals surface area contributed by atoms with Crippen molar-refractivity contribution in [2.45, 2.75) is 71.6 Å². The molecule has 0 unspecified atom stereocenters. The van der Waals surface area contributed by atoms with Crippen molar-refractivity contribution in [1.29, 1.82) is 0 Å². The smallest absolute Gasteiger partial charge is 0.144 e. The van der Waals surface area contributed by atoms with Gasteiger partial charge in [-0.15, -0.1) is 0 Å². The van der Waals surface area contributed by atoms with Crippen LogP contribution in [-0.2, 0) is 0 Å². The minimum absolute atomic E-state index is 0.190. The molecule has 0 radical (unpaired) electrons. The van der Waals surface area contributed by atoms with E-state index in [0.717, 1.165) is 18.3 Å². The molecular formula is C17H33N3O. The van der Waals surface area contributed by atoms with Crippen LogP contribution in [0.5, 0.6) is 0 Å². The molecule has 21 heavy (non-hydrogen) atoms. The van der Waals surface area contributed by atoms with Crippen LogP contribution in [0.25, 0.3) is 0 Å². The Kier molecular flexibility index (Phi) is 5.53. The fourth-order valence-electron chi connectivity index (χ4n) is 4.04. The Hall–Kier alpha value is -0.770. The topological polar surface area (TPSA) is 61.8 Å². The lowest BCUT2D eigenvalue weighted by Gasteiger charge is -2.39. The first kappa shape index (κ1) is 16.6. The van der Waals surface area contributed by atoms with E-state index in [1.807, 2.05) is 13.8 Å². The summed E-state index contributed by atoms with van der Waals surface area (Å²) >= 11 is 0. The monoisotopic (exact) mass is 295 g/mol. The SMILES string of the molecule is CC(C)(CCCCN1CCC2(CCCC2)CC1)C(N)=NO. The number of amidine groups is 1. The molecule has 1 aliphatic heterocycles. The van der Waals surface area contributed by atoms with E-state index in [4.69, 9.17) is 10.9 Å². The van der Waals surface area contributed by atoms with Crippen LogP contribution in [-0.4, -0.2) is 35.6 Å². The fourth-order valence-corrected chi connectivity index (χ4v) is 4.04. The van der Waals surface area contributed by atoms with E-state index in [2.05, 4.69) is 10.1 Å². The van der Waals surface area contributed by atoms with Gasteiger partial charge in [0.1, 0.15) is 5.84 Å². The van der Waals surface area contributed by atoms with E-state index in [1.54, 1.807) is 0 Å². The molecule has 2 aliphatic rings. The summed E-state index contributed by atoms with van der Waals surface area (Å²) in [6.45, 7) is 7.90. The standard InChI is InChI=1S/C17H33N3O/c1-16(2,15(18)19-21)7-5-6-12-20-13-10-17(11-14-20)8-3-4-9-17/h21H,3-14H2,1-2H3,(H2,18,19). The molecule has 1 saturated carbocycles. The molecule has 0 aromatic heterocycles. The van der Waals surface area contributed by atoms with Crippen LogP contribution in [0, 0.1) is 10.8 Å². The average Bonchev–Trinajstić information content (AvgIpc) is 2.93. The molecule has 122 valence electrons. The van der Waals surface area contributed by atoms with E-state index in [1.165, 1.54) is 64.6 Å². The summed E-state index contributed by atoms with van der Waals surface area (Å²) in [5.74, 6) is 0.351. The first-order chi connectivity index (χ1) is 9.97. The summed E-state index contributed by atoms with van der Waals surface area (Å²) in [4.78, 5) is 2.64. The summed E-state index contributed by atoms with van der Waals surface area (Å²) in [5.41, 5.74) is 6.27. The predicted octanol–water partition coefficient (Wildman–Crippen LogP) is 3.59. The number of likely N-dealkylation sites (tertiary alicyclic amines) is 1. The first-order valence-electron chi connectivity index (χ1n) is 8.68. The molecule has 1 aliphatic carbocycles. The molecule has 2 fully saturated rings. The lowest BCUT2D eigenvalue weighted by molar-refractivity contribution is 0.107. The van der Waals surface area contributed by atoms with Crippen molar-refractivity contribution in [3.8, 4) is 0 Å². The second-order valence-electron chi connectivity index (χ2n) is 7.87. The van der Waals surface area contributed by atoms with Crippen LogP contribution >= 0.6 is 0 Å². The molecule has 1 heterocycles. The predicted molar refractivity (Wildman–Crippen MR) is 87.6 cm³/mol. The molecule has 0 aromatic rings. The summed E-state index contributed by atoms with van der Waals surface area (Å²) in [6, 6.07) is 0. The Balaban J connectivity index is 1.62. The zero-order chi connectivity index (χ0) is 15.3. The van der Waals surface area contributed by atoms with E-state index in [9.17, 15) is 0 Å². The van der Waals surface area contributed by atoms with Gasteiger partial charge in [0.05, 0.1) is 0 Å². The summed E-state index contributed by atoms with van der Waals surface area (Å²) in [5, 5.41) is 11.9. The van der Waals surface area contributed by atoms with Crippen LogP contribution in [0.1, 0.15) is 71.6 Å². The fraction of sp³-hybridized carbons (Fsp3) is 0.941. The maximum absolute atomic E-state index is 8.79. The van der Waals surface area contributed by atoms with Gasteiger partial charge in [0.2, 0.25) is 0 Å². The van der Waals surface area contributed by atoms with Crippen molar-refractivity contribution in [2.24, 2.45) is 21.7 Å². The van der Waals surface area contributed by atoms with Gasteiger partial charge in [-0.05, 0) is 63.6 Å². The second-order valence-corrected chi connectivity index (χ2v) is 7.87. The van der Waals surface area contributed by atoms with Gasteiger partial charge in [-0.25, -0.2) is 0 Å². The normalized spacial score (nSPS) is 23.8. The molecule has 4 heteroatoms. The number of unbranched alkanes of at least 4 members (excludes halogenated alkanes) is 1. The van der Waals surface area contributed by atoms with E-state index >= 15 is 0 Å². The van der Waals surface area contributed by atoms with Gasteiger partial charge in [-0.2, -0.15) is 0 Å². The zero-order valence-electron chi connectivity index (χ0n) is 13.9. The Morgan fingerprint density at radius 1 is 1.14 bits per heavy atom. The van der Waals surface area contributed by atoms with Crippen LogP contribution < -0.4 is 5.73 Å². The Morgan fingerprint density at radius 2 is 1.76 bits per heavy atom. The molecule has 0 amide bonds. The van der Waals surface area contributed by atoms with Crippen LogP contribution in [0.2, 0.25) is 0 Å². The molecule has 1 spiro atoms. The Morgan fingerprint density at radius 3 is 2.33 bits per heavy atom. The molecule has 1 saturated heterocycles. The number of hydrogen-bond acceptors (Lipinski definition) is 3.